The maximum Gasteiger partial charge on any atom is 0.315 e. The number of benzene rings is 1. The topological polar surface area (TPSA) is 71.1 Å². The molecule has 2 atom stereocenters. The molecule has 3 rings (SSSR count). The third-order valence-corrected chi connectivity index (χ3v) is 5.00. The third kappa shape index (κ3) is 3.97. The molecule has 0 bridgehead atoms. The first-order chi connectivity index (χ1) is 12.3. The minimum absolute atomic E-state index is 0.0264. The van der Waals surface area contributed by atoms with Gasteiger partial charge in [0.25, 0.3) is 0 Å². The van der Waals surface area contributed by atoms with Gasteiger partial charge in [-0.15, -0.1) is 0 Å². The normalized spacial score (nSPS) is 17.5. The van der Waals surface area contributed by atoms with Gasteiger partial charge in [-0.25, -0.2) is 9.18 Å². The van der Waals surface area contributed by atoms with E-state index in [0.29, 0.717) is 22.0 Å². The summed E-state index contributed by atoms with van der Waals surface area (Å²) >= 11 is 12.0. The summed E-state index contributed by atoms with van der Waals surface area (Å²) in [6, 6.07) is 6.80. The second-order valence-corrected chi connectivity index (χ2v) is 6.92. The van der Waals surface area contributed by atoms with Crippen LogP contribution >= 0.6 is 23.2 Å². The molecule has 2 aromatic rings. The lowest BCUT2D eigenvalue weighted by atomic mass is 9.88. The first kappa shape index (κ1) is 18.6. The SMILES string of the molecule is Cc1nc(C(CC(=O)[C@@H]2CNC(=O)N2)c2ccc(F)c(Cl)c2)ccc1Cl. The first-order valence-electron chi connectivity index (χ1n) is 8.00. The molecule has 0 spiro atoms. The molecular formula is C18H16Cl2FN3O2. The third-order valence-electron chi connectivity index (χ3n) is 4.31. The molecule has 1 aromatic carbocycles. The van der Waals surface area contributed by atoms with Crippen molar-refractivity contribution in [2.45, 2.75) is 25.3 Å². The summed E-state index contributed by atoms with van der Waals surface area (Å²) in [7, 11) is 0. The zero-order chi connectivity index (χ0) is 18.8. The van der Waals surface area contributed by atoms with Gasteiger partial charge in [-0.1, -0.05) is 29.3 Å². The second kappa shape index (κ2) is 7.60. The van der Waals surface area contributed by atoms with Crippen LogP contribution < -0.4 is 10.6 Å². The van der Waals surface area contributed by atoms with E-state index in [1.54, 1.807) is 25.1 Å². The van der Waals surface area contributed by atoms with E-state index in [0.717, 1.165) is 0 Å². The molecule has 1 fully saturated rings. The fourth-order valence-electron chi connectivity index (χ4n) is 2.87. The van der Waals surface area contributed by atoms with Crippen molar-refractivity contribution in [3.05, 3.63) is 63.1 Å². The number of pyridine rings is 1. The Morgan fingerprint density at radius 2 is 2.08 bits per heavy atom. The van der Waals surface area contributed by atoms with E-state index in [1.165, 1.54) is 12.1 Å². The molecule has 2 N–H and O–H groups in total. The van der Waals surface area contributed by atoms with Gasteiger partial charge in [-0.2, -0.15) is 0 Å². The maximum absolute atomic E-state index is 13.5. The number of urea groups is 1. The van der Waals surface area contributed by atoms with E-state index in [2.05, 4.69) is 15.6 Å². The van der Waals surface area contributed by atoms with Crippen molar-refractivity contribution in [1.82, 2.24) is 15.6 Å². The number of halogens is 3. The van der Waals surface area contributed by atoms with Gasteiger partial charge in [-0.3, -0.25) is 9.78 Å². The first-order valence-corrected chi connectivity index (χ1v) is 8.76. The number of nitrogens with one attached hydrogen (secondary N) is 2. The highest BCUT2D eigenvalue weighted by molar-refractivity contribution is 6.31. The van der Waals surface area contributed by atoms with Crippen LogP contribution in [0.25, 0.3) is 0 Å². The van der Waals surface area contributed by atoms with Gasteiger partial charge >= 0.3 is 6.03 Å². The smallest absolute Gasteiger partial charge is 0.315 e. The van der Waals surface area contributed by atoms with Crippen LogP contribution in [-0.2, 0) is 4.79 Å². The van der Waals surface area contributed by atoms with Crippen molar-refractivity contribution in [2.24, 2.45) is 0 Å². The van der Waals surface area contributed by atoms with Crippen LogP contribution in [0.2, 0.25) is 10.0 Å². The van der Waals surface area contributed by atoms with E-state index in [9.17, 15) is 14.0 Å². The summed E-state index contributed by atoms with van der Waals surface area (Å²) in [6.07, 6.45) is 0.0860. The lowest BCUT2D eigenvalue weighted by Crippen LogP contribution is -2.35. The molecule has 5 nitrogen and oxygen atoms in total. The Bertz CT molecular complexity index is 824. The zero-order valence-electron chi connectivity index (χ0n) is 13.9. The van der Waals surface area contributed by atoms with E-state index in [1.807, 2.05) is 0 Å². The zero-order valence-corrected chi connectivity index (χ0v) is 15.4. The van der Waals surface area contributed by atoms with Crippen molar-refractivity contribution in [1.29, 1.82) is 0 Å². The standard InChI is InChI=1S/C18H16Cl2FN3O2/c1-9-12(19)3-5-15(23-9)11(10-2-4-14(21)13(20)6-10)7-17(25)16-8-22-18(26)24-16/h2-6,11,16H,7-8H2,1H3,(H2,22,24,26)/t11?,16-/m0/s1. The molecule has 0 saturated carbocycles. The van der Waals surface area contributed by atoms with Crippen LogP contribution in [0.5, 0.6) is 0 Å². The average molecular weight is 396 g/mol. The Morgan fingerprint density at radius 3 is 2.69 bits per heavy atom. The number of hydrogen-bond acceptors (Lipinski definition) is 3. The van der Waals surface area contributed by atoms with Crippen LogP contribution in [-0.4, -0.2) is 29.4 Å². The molecule has 1 aromatic heterocycles. The Balaban J connectivity index is 1.95. The molecule has 1 aliphatic rings. The Hall–Kier alpha value is -2.18. The van der Waals surface area contributed by atoms with E-state index in [-0.39, 0.29) is 29.8 Å². The lowest BCUT2D eigenvalue weighted by molar-refractivity contribution is -0.120. The number of rotatable bonds is 5. The summed E-state index contributed by atoms with van der Waals surface area (Å²) < 4.78 is 13.5. The van der Waals surface area contributed by atoms with Crippen molar-refractivity contribution in [3.63, 3.8) is 0 Å². The van der Waals surface area contributed by atoms with E-state index in [4.69, 9.17) is 23.2 Å². The molecule has 1 aliphatic heterocycles. The number of carbonyl (C=O) groups is 2. The van der Waals surface area contributed by atoms with Crippen molar-refractivity contribution < 1.29 is 14.0 Å². The molecule has 1 unspecified atom stereocenters. The molecule has 0 aliphatic carbocycles. The molecule has 2 heterocycles. The van der Waals surface area contributed by atoms with Crippen molar-refractivity contribution >= 4 is 35.0 Å². The predicted molar refractivity (Wildman–Crippen MR) is 97.2 cm³/mol. The summed E-state index contributed by atoms with van der Waals surface area (Å²) in [5, 5.41) is 5.63. The van der Waals surface area contributed by atoms with E-state index >= 15 is 0 Å². The average Bonchev–Trinajstić information content (AvgIpc) is 3.04. The van der Waals surface area contributed by atoms with Crippen LogP contribution in [0.15, 0.2) is 30.3 Å². The quantitative estimate of drug-likeness (QED) is 0.811. The van der Waals surface area contributed by atoms with Crippen LogP contribution in [0.1, 0.15) is 29.3 Å². The van der Waals surface area contributed by atoms with Gasteiger partial charge in [-0.05, 0) is 36.8 Å². The van der Waals surface area contributed by atoms with Gasteiger partial charge < -0.3 is 10.6 Å². The number of nitrogens with zero attached hydrogens (tertiary/aromatic N) is 1. The predicted octanol–water partition coefficient (Wildman–Crippen LogP) is 3.61. The Kier molecular flexibility index (Phi) is 5.44. The molecule has 0 radical (unpaired) electrons. The number of aryl methyl sites for hydroxylation is 1. The number of hydrogen-bond donors (Lipinski definition) is 2. The van der Waals surface area contributed by atoms with Gasteiger partial charge in [0.05, 0.1) is 15.7 Å². The molecule has 136 valence electrons. The van der Waals surface area contributed by atoms with E-state index < -0.39 is 17.8 Å². The summed E-state index contributed by atoms with van der Waals surface area (Å²) in [5.74, 6) is -1.12. The minimum Gasteiger partial charge on any atom is -0.336 e. The number of amides is 2. The molecule has 8 heteroatoms. The number of Topliss-reactive ketones (excluding diaryl/α,β-unsaturated/α-hetero) is 1. The highest BCUT2D eigenvalue weighted by Gasteiger charge is 2.30. The van der Waals surface area contributed by atoms with Gasteiger partial charge in [0.15, 0.2) is 5.78 Å². The number of ketones is 1. The van der Waals surface area contributed by atoms with Crippen molar-refractivity contribution in [2.75, 3.05) is 6.54 Å². The van der Waals surface area contributed by atoms with Crippen LogP contribution in [0.4, 0.5) is 9.18 Å². The maximum atomic E-state index is 13.5. The minimum atomic E-state index is -0.602. The van der Waals surface area contributed by atoms with Crippen LogP contribution in [0, 0.1) is 12.7 Å². The summed E-state index contributed by atoms with van der Waals surface area (Å²) in [4.78, 5) is 28.4. The number of carbonyl (C=O) groups excluding carboxylic acids is 2. The largest absolute Gasteiger partial charge is 0.336 e. The van der Waals surface area contributed by atoms with Gasteiger partial charge in [0, 0.05) is 24.6 Å². The highest BCUT2D eigenvalue weighted by atomic mass is 35.5. The Morgan fingerprint density at radius 1 is 1.31 bits per heavy atom. The fourth-order valence-corrected chi connectivity index (χ4v) is 3.17. The molecule has 1 saturated heterocycles. The summed E-state index contributed by atoms with van der Waals surface area (Å²) in [5.41, 5.74) is 1.92. The number of aromatic nitrogens is 1. The van der Waals surface area contributed by atoms with Crippen LogP contribution in [0.3, 0.4) is 0 Å². The highest BCUT2D eigenvalue weighted by Crippen LogP contribution is 2.31. The fraction of sp³-hybridized carbons (Fsp3) is 0.278. The molecular weight excluding hydrogens is 380 g/mol. The van der Waals surface area contributed by atoms with Gasteiger partial charge in [0.2, 0.25) is 0 Å². The molecule has 26 heavy (non-hydrogen) atoms. The summed E-state index contributed by atoms with van der Waals surface area (Å²) in [6.45, 7) is 2.01. The molecule has 2 amide bonds. The van der Waals surface area contributed by atoms with Gasteiger partial charge in [0.1, 0.15) is 11.9 Å². The lowest BCUT2D eigenvalue weighted by Gasteiger charge is -2.19. The second-order valence-electron chi connectivity index (χ2n) is 6.11. The van der Waals surface area contributed by atoms with Crippen molar-refractivity contribution in [3.8, 4) is 0 Å². The Labute approximate surface area is 159 Å². The monoisotopic (exact) mass is 395 g/mol.